The van der Waals surface area contributed by atoms with E-state index < -0.39 is 0 Å². The second-order valence-corrected chi connectivity index (χ2v) is 5.36. The van der Waals surface area contributed by atoms with Crippen LogP contribution in [-0.4, -0.2) is 16.1 Å². The Balaban J connectivity index is 2.24. The quantitative estimate of drug-likeness (QED) is 0.914. The lowest BCUT2D eigenvalue weighted by Gasteiger charge is -2.11. The summed E-state index contributed by atoms with van der Waals surface area (Å²) in [4.78, 5) is 4.33. The monoisotopic (exact) mass is 325 g/mol. The van der Waals surface area contributed by atoms with Gasteiger partial charge in [0.05, 0.1) is 5.69 Å². The Morgan fingerprint density at radius 2 is 2.16 bits per heavy atom. The topological polar surface area (TPSA) is 29.9 Å². The highest BCUT2D eigenvalue weighted by Crippen LogP contribution is 2.17. The summed E-state index contributed by atoms with van der Waals surface area (Å²) >= 11 is 3.32. The fraction of sp³-hybridized carbons (Fsp3) is 0.357. The van der Waals surface area contributed by atoms with Gasteiger partial charge in [-0.2, -0.15) is 0 Å². The molecule has 0 saturated heterocycles. The van der Waals surface area contributed by atoms with Crippen molar-refractivity contribution in [3.8, 4) is 0 Å². The van der Waals surface area contributed by atoms with Crippen molar-refractivity contribution in [2.45, 2.75) is 26.9 Å². The highest BCUT2D eigenvalue weighted by molar-refractivity contribution is 9.10. The summed E-state index contributed by atoms with van der Waals surface area (Å²) in [6, 6.07) is 4.95. The molecular formula is C14H17BrFN3. The molecule has 0 fully saturated rings. The summed E-state index contributed by atoms with van der Waals surface area (Å²) in [6.45, 7) is 6.34. The first kappa shape index (κ1) is 14.2. The Morgan fingerprint density at radius 1 is 1.37 bits per heavy atom. The minimum absolute atomic E-state index is 0.227. The maximum Gasteiger partial charge on any atom is 0.124 e. The van der Waals surface area contributed by atoms with Gasteiger partial charge in [0.25, 0.3) is 0 Å². The van der Waals surface area contributed by atoms with Crippen LogP contribution in [0.4, 0.5) is 4.39 Å². The molecule has 102 valence electrons. The van der Waals surface area contributed by atoms with Crippen molar-refractivity contribution in [2.24, 2.45) is 0 Å². The molecular weight excluding hydrogens is 309 g/mol. The number of aryl methyl sites for hydroxylation is 1. The van der Waals surface area contributed by atoms with Crippen LogP contribution in [0.15, 0.2) is 28.9 Å². The molecule has 0 unspecified atom stereocenters. The maximum absolute atomic E-state index is 13.4. The van der Waals surface area contributed by atoms with E-state index in [4.69, 9.17) is 0 Å². The van der Waals surface area contributed by atoms with Gasteiger partial charge < -0.3 is 9.88 Å². The normalized spacial score (nSPS) is 10.9. The third-order valence-electron chi connectivity index (χ3n) is 2.96. The third-order valence-corrected chi connectivity index (χ3v) is 3.41. The van der Waals surface area contributed by atoms with Crippen molar-refractivity contribution in [1.82, 2.24) is 14.9 Å². The number of halogens is 2. The van der Waals surface area contributed by atoms with Gasteiger partial charge in [0.15, 0.2) is 0 Å². The molecule has 0 aliphatic rings. The van der Waals surface area contributed by atoms with Crippen molar-refractivity contribution in [3.05, 3.63) is 51.8 Å². The van der Waals surface area contributed by atoms with Crippen LogP contribution >= 0.6 is 15.9 Å². The highest BCUT2D eigenvalue weighted by Gasteiger charge is 2.08. The molecule has 0 aliphatic heterocycles. The molecule has 19 heavy (non-hydrogen) atoms. The van der Waals surface area contributed by atoms with Crippen LogP contribution in [0, 0.1) is 12.7 Å². The van der Waals surface area contributed by atoms with E-state index in [1.807, 2.05) is 19.2 Å². The van der Waals surface area contributed by atoms with Gasteiger partial charge in [-0.1, -0.05) is 22.9 Å². The van der Waals surface area contributed by atoms with Crippen molar-refractivity contribution >= 4 is 15.9 Å². The Morgan fingerprint density at radius 3 is 2.84 bits per heavy atom. The lowest BCUT2D eigenvalue weighted by molar-refractivity contribution is 0.616. The number of rotatable bonds is 5. The Bertz CT molecular complexity index is 546. The summed E-state index contributed by atoms with van der Waals surface area (Å²) in [5, 5.41) is 3.28. The van der Waals surface area contributed by atoms with Gasteiger partial charge >= 0.3 is 0 Å². The van der Waals surface area contributed by atoms with E-state index in [0.717, 1.165) is 34.6 Å². The number of hydrogen-bond acceptors (Lipinski definition) is 2. The van der Waals surface area contributed by atoms with E-state index in [2.05, 4.69) is 37.7 Å². The molecule has 5 heteroatoms. The molecule has 3 nitrogen and oxygen atoms in total. The van der Waals surface area contributed by atoms with E-state index in [-0.39, 0.29) is 5.82 Å². The fourth-order valence-corrected chi connectivity index (χ4v) is 2.52. The van der Waals surface area contributed by atoms with Crippen LogP contribution in [0.3, 0.4) is 0 Å². The van der Waals surface area contributed by atoms with Gasteiger partial charge in [0, 0.05) is 23.8 Å². The standard InChI is InChI=1S/C14H17BrFN3/c1-3-17-7-14-8-18-10(2)19(14)9-11-4-12(15)6-13(16)5-11/h4-6,8,17H,3,7,9H2,1-2H3. The Labute approximate surface area is 121 Å². The van der Waals surface area contributed by atoms with Crippen molar-refractivity contribution in [2.75, 3.05) is 6.54 Å². The molecule has 0 saturated carbocycles. The van der Waals surface area contributed by atoms with Gasteiger partial charge in [-0.15, -0.1) is 0 Å². The van der Waals surface area contributed by atoms with Crippen LogP contribution in [-0.2, 0) is 13.1 Å². The third kappa shape index (κ3) is 3.64. The van der Waals surface area contributed by atoms with Crippen molar-refractivity contribution in [3.63, 3.8) is 0 Å². The molecule has 0 radical (unpaired) electrons. The first-order valence-corrected chi connectivity index (χ1v) is 7.06. The number of aromatic nitrogens is 2. The second-order valence-electron chi connectivity index (χ2n) is 4.44. The van der Waals surface area contributed by atoms with E-state index in [1.54, 1.807) is 6.07 Å². The van der Waals surface area contributed by atoms with E-state index in [9.17, 15) is 4.39 Å². The number of nitrogens with zero attached hydrogens (tertiary/aromatic N) is 2. The summed E-state index contributed by atoms with van der Waals surface area (Å²) in [5.41, 5.74) is 2.03. The SMILES string of the molecule is CCNCc1cnc(C)n1Cc1cc(F)cc(Br)c1. The van der Waals surface area contributed by atoms with Crippen LogP contribution in [0.2, 0.25) is 0 Å². The molecule has 1 aromatic heterocycles. The van der Waals surface area contributed by atoms with Gasteiger partial charge in [0.2, 0.25) is 0 Å². The molecule has 0 atom stereocenters. The Kier molecular flexibility index (Phi) is 4.71. The summed E-state index contributed by atoms with van der Waals surface area (Å²) < 4.78 is 16.3. The molecule has 1 aromatic carbocycles. The van der Waals surface area contributed by atoms with E-state index >= 15 is 0 Å². The average molecular weight is 326 g/mol. The molecule has 0 spiro atoms. The van der Waals surface area contributed by atoms with Gasteiger partial charge in [-0.05, 0) is 37.2 Å². The minimum Gasteiger partial charge on any atom is -0.327 e. The van der Waals surface area contributed by atoms with E-state index in [0.29, 0.717) is 6.54 Å². The molecule has 0 aliphatic carbocycles. The van der Waals surface area contributed by atoms with E-state index in [1.165, 1.54) is 6.07 Å². The molecule has 1 heterocycles. The lowest BCUT2D eigenvalue weighted by Crippen LogP contribution is -2.16. The number of hydrogen-bond donors (Lipinski definition) is 1. The first-order chi connectivity index (χ1) is 9.10. The maximum atomic E-state index is 13.4. The zero-order chi connectivity index (χ0) is 13.8. The van der Waals surface area contributed by atoms with Crippen LogP contribution in [0.25, 0.3) is 0 Å². The lowest BCUT2D eigenvalue weighted by atomic mass is 10.2. The fourth-order valence-electron chi connectivity index (χ4n) is 2.01. The predicted octanol–water partition coefficient (Wildman–Crippen LogP) is 3.25. The van der Waals surface area contributed by atoms with Gasteiger partial charge in [-0.3, -0.25) is 0 Å². The largest absolute Gasteiger partial charge is 0.327 e. The predicted molar refractivity (Wildman–Crippen MR) is 77.5 cm³/mol. The first-order valence-electron chi connectivity index (χ1n) is 6.27. The molecule has 1 N–H and O–H groups in total. The zero-order valence-electron chi connectivity index (χ0n) is 11.1. The minimum atomic E-state index is -0.227. The second kappa shape index (κ2) is 6.30. The smallest absolute Gasteiger partial charge is 0.124 e. The molecule has 0 bridgehead atoms. The Hall–Kier alpha value is -1.20. The molecule has 2 rings (SSSR count). The zero-order valence-corrected chi connectivity index (χ0v) is 12.7. The van der Waals surface area contributed by atoms with Crippen molar-refractivity contribution < 1.29 is 4.39 Å². The van der Waals surface area contributed by atoms with Gasteiger partial charge in [-0.25, -0.2) is 9.37 Å². The summed E-state index contributed by atoms with van der Waals surface area (Å²) in [5.74, 6) is 0.712. The van der Waals surface area contributed by atoms with Crippen LogP contribution in [0.1, 0.15) is 24.0 Å². The number of benzene rings is 1. The van der Waals surface area contributed by atoms with Crippen LogP contribution < -0.4 is 5.32 Å². The molecule has 0 amide bonds. The number of imidazole rings is 1. The van der Waals surface area contributed by atoms with Gasteiger partial charge in [0.1, 0.15) is 11.6 Å². The number of nitrogens with one attached hydrogen (secondary N) is 1. The van der Waals surface area contributed by atoms with Crippen LogP contribution in [0.5, 0.6) is 0 Å². The highest BCUT2D eigenvalue weighted by atomic mass is 79.9. The van der Waals surface area contributed by atoms with Crippen molar-refractivity contribution in [1.29, 1.82) is 0 Å². The summed E-state index contributed by atoms with van der Waals surface area (Å²) in [7, 11) is 0. The average Bonchev–Trinajstić information content (AvgIpc) is 2.67. The summed E-state index contributed by atoms with van der Waals surface area (Å²) in [6.07, 6.45) is 1.87. The molecule has 2 aromatic rings.